The molecule has 0 saturated heterocycles. The Morgan fingerprint density at radius 3 is 2.53 bits per heavy atom. The number of aromatic amines is 1. The van der Waals surface area contributed by atoms with E-state index >= 15 is 0 Å². The summed E-state index contributed by atoms with van der Waals surface area (Å²) < 4.78 is 19.4. The van der Waals surface area contributed by atoms with Crippen LogP contribution in [0.2, 0.25) is 0 Å². The van der Waals surface area contributed by atoms with E-state index in [0.29, 0.717) is 36.2 Å². The second kappa shape index (κ2) is 12.0. The van der Waals surface area contributed by atoms with E-state index in [1.54, 1.807) is 10.9 Å². The molecule has 2 aromatic carbocycles. The third-order valence-electron chi connectivity index (χ3n) is 4.67. The number of aromatic nitrogens is 3. The molecular formula is C24H30N4O3S. The number of nitrogens with zero attached hydrogens (tertiary/aromatic N) is 3. The molecule has 170 valence electrons. The van der Waals surface area contributed by atoms with E-state index in [-0.39, 0.29) is 0 Å². The molecular weight excluding hydrogens is 424 g/mol. The van der Waals surface area contributed by atoms with Crippen LogP contribution in [0.3, 0.4) is 0 Å². The van der Waals surface area contributed by atoms with Crippen LogP contribution in [-0.4, -0.2) is 40.9 Å². The van der Waals surface area contributed by atoms with Crippen molar-refractivity contribution in [2.75, 3.05) is 19.8 Å². The van der Waals surface area contributed by atoms with Gasteiger partial charge >= 0.3 is 0 Å². The first kappa shape index (κ1) is 23.5. The van der Waals surface area contributed by atoms with Crippen molar-refractivity contribution in [3.05, 3.63) is 52.8 Å². The minimum atomic E-state index is 0.392. The average Bonchev–Trinajstić information content (AvgIpc) is 3.17. The first-order valence-corrected chi connectivity index (χ1v) is 11.4. The van der Waals surface area contributed by atoms with Gasteiger partial charge in [0.25, 0.3) is 0 Å². The van der Waals surface area contributed by atoms with Crippen molar-refractivity contribution < 1.29 is 14.2 Å². The number of rotatable bonds is 12. The van der Waals surface area contributed by atoms with Crippen LogP contribution in [0.25, 0.3) is 11.4 Å². The topological polar surface area (TPSA) is 73.7 Å². The molecule has 3 rings (SSSR count). The van der Waals surface area contributed by atoms with E-state index in [4.69, 9.17) is 26.4 Å². The monoisotopic (exact) mass is 454 g/mol. The van der Waals surface area contributed by atoms with Crippen molar-refractivity contribution in [1.82, 2.24) is 14.9 Å². The van der Waals surface area contributed by atoms with Crippen LogP contribution in [0.1, 0.15) is 45.6 Å². The van der Waals surface area contributed by atoms with Crippen LogP contribution in [0.15, 0.2) is 47.6 Å². The Bertz CT molecular complexity index is 1090. The summed E-state index contributed by atoms with van der Waals surface area (Å²) in [4.78, 5) is 0. The van der Waals surface area contributed by atoms with E-state index in [1.807, 2.05) is 56.3 Å². The minimum absolute atomic E-state index is 0.392. The van der Waals surface area contributed by atoms with Crippen LogP contribution >= 0.6 is 12.2 Å². The van der Waals surface area contributed by atoms with Gasteiger partial charge in [-0.25, -0.2) is 5.10 Å². The number of benzene rings is 2. The van der Waals surface area contributed by atoms with Crippen LogP contribution in [0, 0.1) is 4.77 Å². The number of unbranched alkanes of at least 4 members (excludes halogenated alkanes) is 2. The molecule has 0 aliphatic carbocycles. The van der Waals surface area contributed by atoms with Gasteiger partial charge in [-0.05, 0) is 68.4 Å². The summed E-state index contributed by atoms with van der Waals surface area (Å²) in [6, 6.07) is 13.5. The number of para-hydroxylation sites is 1. The van der Waals surface area contributed by atoms with Crippen molar-refractivity contribution in [2.45, 2.75) is 40.0 Å². The molecule has 0 aliphatic rings. The zero-order valence-corrected chi connectivity index (χ0v) is 19.7. The molecule has 3 aromatic rings. The molecule has 1 N–H and O–H groups in total. The van der Waals surface area contributed by atoms with Gasteiger partial charge in [0, 0.05) is 0 Å². The number of hydrogen-bond donors (Lipinski definition) is 1. The quantitative estimate of drug-likeness (QED) is 0.211. The number of H-pyrrole nitrogens is 1. The summed E-state index contributed by atoms with van der Waals surface area (Å²) in [6.45, 7) is 7.85. The molecule has 0 unspecified atom stereocenters. The van der Waals surface area contributed by atoms with Crippen molar-refractivity contribution in [1.29, 1.82) is 0 Å². The Kier molecular flexibility index (Phi) is 8.86. The van der Waals surface area contributed by atoms with Gasteiger partial charge in [-0.1, -0.05) is 31.9 Å². The van der Waals surface area contributed by atoms with E-state index in [1.165, 1.54) is 0 Å². The maximum Gasteiger partial charge on any atom is 0.216 e. The fourth-order valence-electron chi connectivity index (χ4n) is 3.16. The van der Waals surface area contributed by atoms with Crippen LogP contribution < -0.4 is 14.2 Å². The van der Waals surface area contributed by atoms with Gasteiger partial charge in [0.1, 0.15) is 5.75 Å². The fraction of sp³-hybridized carbons (Fsp3) is 0.375. The lowest BCUT2D eigenvalue weighted by Gasteiger charge is -2.12. The van der Waals surface area contributed by atoms with E-state index in [9.17, 15) is 0 Å². The number of hydrogen-bond acceptors (Lipinski definition) is 6. The largest absolute Gasteiger partial charge is 0.493 e. The SMILES string of the molecule is CCCCCOc1ccc(/C=N\n2c(-c3ccccc3OCC)n[nH]c2=S)cc1OCC. The van der Waals surface area contributed by atoms with Gasteiger partial charge in [0.05, 0.1) is 31.6 Å². The van der Waals surface area contributed by atoms with Crippen molar-refractivity contribution in [3.8, 4) is 28.6 Å². The van der Waals surface area contributed by atoms with E-state index < -0.39 is 0 Å². The van der Waals surface area contributed by atoms with Crippen LogP contribution in [0.4, 0.5) is 0 Å². The smallest absolute Gasteiger partial charge is 0.216 e. The first-order valence-electron chi connectivity index (χ1n) is 11.0. The summed E-state index contributed by atoms with van der Waals surface area (Å²) in [6.07, 6.45) is 5.05. The lowest BCUT2D eigenvalue weighted by atomic mass is 10.2. The molecule has 0 aliphatic heterocycles. The predicted molar refractivity (Wildman–Crippen MR) is 130 cm³/mol. The third kappa shape index (κ3) is 5.97. The maximum atomic E-state index is 5.91. The molecule has 7 nitrogen and oxygen atoms in total. The minimum Gasteiger partial charge on any atom is -0.493 e. The third-order valence-corrected chi connectivity index (χ3v) is 4.94. The van der Waals surface area contributed by atoms with Crippen LogP contribution in [-0.2, 0) is 0 Å². The Morgan fingerprint density at radius 2 is 1.75 bits per heavy atom. The van der Waals surface area contributed by atoms with Crippen LogP contribution in [0.5, 0.6) is 17.2 Å². The highest BCUT2D eigenvalue weighted by Crippen LogP contribution is 2.30. The normalized spacial score (nSPS) is 11.1. The highest BCUT2D eigenvalue weighted by atomic mass is 32.1. The molecule has 32 heavy (non-hydrogen) atoms. The number of nitrogens with one attached hydrogen (secondary N) is 1. The zero-order chi connectivity index (χ0) is 22.8. The Labute approximate surface area is 194 Å². The number of ether oxygens (including phenoxy) is 3. The van der Waals surface area contributed by atoms with Gasteiger partial charge in [-0.2, -0.15) is 14.9 Å². The molecule has 0 fully saturated rings. The van der Waals surface area contributed by atoms with E-state index in [2.05, 4.69) is 22.2 Å². The molecule has 0 atom stereocenters. The summed E-state index contributed by atoms with van der Waals surface area (Å²) in [7, 11) is 0. The second-order valence-corrected chi connectivity index (χ2v) is 7.42. The highest BCUT2D eigenvalue weighted by molar-refractivity contribution is 7.71. The molecule has 8 heteroatoms. The molecule has 0 bridgehead atoms. The zero-order valence-electron chi connectivity index (χ0n) is 18.8. The highest BCUT2D eigenvalue weighted by Gasteiger charge is 2.13. The summed E-state index contributed by atoms with van der Waals surface area (Å²) in [5.74, 6) is 2.75. The first-order chi connectivity index (χ1) is 15.7. The molecule has 0 radical (unpaired) electrons. The van der Waals surface area contributed by atoms with Gasteiger partial charge < -0.3 is 14.2 Å². The van der Waals surface area contributed by atoms with Gasteiger partial charge in [0.15, 0.2) is 17.3 Å². The summed E-state index contributed by atoms with van der Waals surface area (Å²) in [5, 5.41) is 11.7. The lowest BCUT2D eigenvalue weighted by Crippen LogP contribution is -2.02. The predicted octanol–water partition coefficient (Wildman–Crippen LogP) is 5.86. The molecule has 0 spiro atoms. The molecule has 0 amide bonds. The van der Waals surface area contributed by atoms with Gasteiger partial charge in [0.2, 0.25) is 4.77 Å². The second-order valence-electron chi connectivity index (χ2n) is 7.03. The van der Waals surface area contributed by atoms with E-state index in [0.717, 1.165) is 41.9 Å². The van der Waals surface area contributed by atoms with Crippen molar-refractivity contribution in [2.24, 2.45) is 5.10 Å². The Balaban J connectivity index is 1.86. The molecule has 1 aromatic heterocycles. The average molecular weight is 455 g/mol. The molecule has 0 saturated carbocycles. The maximum absolute atomic E-state index is 5.91. The lowest BCUT2D eigenvalue weighted by molar-refractivity contribution is 0.271. The molecule has 1 heterocycles. The van der Waals surface area contributed by atoms with Gasteiger partial charge in [-0.15, -0.1) is 0 Å². The Hall–Kier alpha value is -3.13. The summed E-state index contributed by atoms with van der Waals surface area (Å²) in [5.41, 5.74) is 1.67. The van der Waals surface area contributed by atoms with Crippen molar-refractivity contribution in [3.63, 3.8) is 0 Å². The van der Waals surface area contributed by atoms with Gasteiger partial charge in [-0.3, -0.25) is 0 Å². The summed E-state index contributed by atoms with van der Waals surface area (Å²) >= 11 is 5.40. The van der Waals surface area contributed by atoms with Crippen molar-refractivity contribution >= 4 is 18.4 Å². The standard InChI is InChI=1S/C24H30N4O3S/c1-4-7-10-15-31-21-14-13-18(16-22(21)30-6-3)17-25-28-23(26-27-24(28)32)19-11-8-9-12-20(19)29-5-2/h8-9,11-14,16-17H,4-7,10,15H2,1-3H3,(H,27,32)/b25-17-. The Morgan fingerprint density at radius 1 is 0.969 bits per heavy atom. The fourth-order valence-corrected chi connectivity index (χ4v) is 3.34.